The van der Waals surface area contributed by atoms with E-state index in [-0.39, 0.29) is 24.9 Å². The summed E-state index contributed by atoms with van der Waals surface area (Å²) in [5.41, 5.74) is 0. The highest BCUT2D eigenvalue weighted by atomic mass is 16.5. The van der Waals surface area contributed by atoms with Crippen molar-refractivity contribution in [2.45, 2.75) is 289 Å². The molecule has 3 N–H and O–H groups in total. The maximum absolute atomic E-state index is 13.3. The molecule has 0 aromatic rings. The van der Waals surface area contributed by atoms with Crippen molar-refractivity contribution in [1.82, 2.24) is 5.32 Å². The zero-order valence-corrected chi connectivity index (χ0v) is 43.6. The van der Waals surface area contributed by atoms with Crippen molar-refractivity contribution in [2.24, 2.45) is 0 Å². The third-order valence-electron chi connectivity index (χ3n) is 12.6. The Morgan fingerprint density at radius 3 is 1.41 bits per heavy atom. The van der Waals surface area contributed by atoms with Gasteiger partial charge in [-0.3, -0.25) is 9.59 Å². The summed E-state index contributed by atoms with van der Waals surface area (Å²) in [7, 11) is 0. The molecular weight excluding hydrogens is 815 g/mol. The van der Waals surface area contributed by atoms with E-state index < -0.39 is 18.2 Å². The van der Waals surface area contributed by atoms with Crippen LogP contribution in [-0.4, -0.2) is 46.9 Å². The number of unbranched alkanes of at least 4 members (excludes halogenated alkanes) is 29. The number of esters is 1. The SMILES string of the molecule is CC/C=C/C/C=C/CCCCCCCCCC(=O)OC(CCCCC/C=C/C=C/C=C/C=C/CCCCC)CC(=O)NC(CO)C(O)CCCCCCCCCCCCCCCCCCC. The van der Waals surface area contributed by atoms with Crippen molar-refractivity contribution >= 4 is 11.9 Å². The molecule has 0 saturated carbocycles. The number of carbonyl (C=O) groups excluding carboxylic acids is 2. The highest BCUT2D eigenvalue weighted by Crippen LogP contribution is 2.18. The molecule has 1 amide bonds. The lowest BCUT2D eigenvalue weighted by molar-refractivity contribution is -0.151. The Balaban J connectivity index is 4.62. The van der Waals surface area contributed by atoms with E-state index in [2.05, 4.69) is 92.9 Å². The second-order valence-corrected chi connectivity index (χ2v) is 19.0. The molecule has 0 spiro atoms. The minimum atomic E-state index is -0.804. The molecule has 0 aromatic heterocycles. The molecule has 6 heteroatoms. The maximum atomic E-state index is 13.3. The monoisotopic (exact) mass is 922 g/mol. The fourth-order valence-corrected chi connectivity index (χ4v) is 8.36. The number of carbonyl (C=O) groups is 2. The Morgan fingerprint density at radius 1 is 0.470 bits per heavy atom. The summed E-state index contributed by atoms with van der Waals surface area (Å²) in [6, 6.07) is -0.720. The first-order chi connectivity index (χ1) is 32.5. The van der Waals surface area contributed by atoms with E-state index in [4.69, 9.17) is 4.74 Å². The van der Waals surface area contributed by atoms with Gasteiger partial charge in [-0.05, 0) is 77.0 Å². The van der Waals surface area contributed by atoms with E-state index in [0.717, 1.165) is 89.9 Å². The van der Waals surface area contributed by atoms with E-state index >= 15 is 0 Å². The van der Waals surface area contributed by atoms with Crippen LogP contribution in [0.25, 0.3) is 0 Å². The Kier molecular flexibility index (Phi) is 51.1. The maximum Gasteiger partial charge on any atom is 0.306 e. The quantitative estimate of drug-likeness (QED) is 0.0244. The van der Waals surface area contributed by atoms with Gasteiger partial charge in [0, 0.05) is 6.42 Å². The van der Waals surface area contributed by atoms with Crippen LogP contribution in [0.5, 0.6) is 0 Å². The molecule has 0 radical (unpaired) electrons. The van der Waals surface area contributed by atoms with Crippen LogP contribution in [0.1, 0.15) is 271 Å². The van der Waals surface area contributed by atoms with Crippen LogP contribution in [0.3, 0.4) is 0 Å². The van der Waals surface area contributed by atoms with Gasteiger partial charge in [-0.25, -0.2) is 0 Å². The van der Waals surface area contributed by atoms with Gasteiger partial charge in [0.05, 0.1) is 25.2 Å². The fraction of sp³-hybridized carbons (Fsp3) is 0.767. The molecule has 0 aromatic carbocycles. The van der Waals surface area contributed by atoms with Crippen LogP contribution in [0.15, 0.2) is 72.9 Å². The number of aliphatic hydroxyl groups excluding tert-OH is 2. The minimum absolute atomic E-state index is 0.0465. The van der Waals surface area contributed by atoms with Crippen molar-refractivity contribution in [3.8, 4) is 0 Å². The summed E-state index contributed by atoms with van der Waals surface area (Å²) in [6.45, 7) is 6.35. The lowest BCUT2D eigenvalue weighted by atomic mass is 10.0. The van der Waals surface area contributed by atoms with Gasteiger partial charge < -0.3 is 20.3 Å². The molecule has 0 rings (SSSR count). The van der Waals surface area contributed by atoms with Crippen LogP contribution < -0.4 is 5.32 Å². The third kappa shape index (κ3) is 47.8. The van der Waals surface area contributed by atoms with Crippen LogP contribution in [0.4, 0.5) is 0 Å². The summed E-state index contributed by atoms with van der Waals surface area (Å²) < 4.78 is 5.93. The highest BCUT2D eigenvalue weighted by Gasteiger charge is 2.24. The van der Waals surface area contributed by atoms with Crippen LogP contribution in [0, 0.1) is 0 Å². The third-order valence-corrected chi connectivity index (χ3v) is 12.6. The lowest BCUT2D eigenvalue weighted by Gasteiger charge is -2.24. The van der Waals surface area contributed by atoms with Gasteiger partial charge in [-0.2, -0.15) is 0 Å². The largest absolute Gasteiger partial charge is 0.462 e. The number of amides is 1. The molecule has 0 saturated heterocycles. The number of nitrogens with one attached hydrogen (secondary N) is 1. The summed E-state index contributed by atoms with van der Waals surface area (Å²) >= 11 is 0. The number of rotatable bonds is 50. The predicted octanol–water partition coefficient (Wildman–Crippen LogP) is 17.3. The van der Waals surface area contributed by atoms with Gasteiger partial charge >= 0.3 is 5.97 Å². The molecular formula is C60H107NO5. The Hall–Kier alpha value is -2.70. The van der Waals surface area contributed by atoms with Crippen LogP contribution >= 0.6 is 0 Å². The van der Waals surface area contributed by atoms with Crippen LogP contribution in [-0.2, 0) is 14.3 Å². The molecule has 6 nitrogen and oxygen atoms in total. The average molecular weight is 923 g/mol. The van der Waals surface area contributed by atoms with Crippen molar-refractivity contribution in [2.75, 3.05) is 6.61 Å². The van der Waals surface area contributed by atoms with Crippen molar-refractivity contribution < 1.29 is 24.5 Å². The molecule has 0 fully saturated rings. The Labute approximate surface area is 409 Å². The molecule has 0 heterocycles. The van der Waals surface area contributed by atoms with Gasteiger partial charge in [0.25, 0.3) is 0 Å². The number of allylic oxidation sites excluding steroid dienone is 12. The number of ether oxygens (including phenoxy) is 1. The van der Waals surface area contributed by atoms with Crippen molar-refractivity contribution in [1.29, 1.82) is 0 Å². The standard InChI is InChI=1S/C60H107NO5/c1-4-7-10-13-16-19-22-25-28-30-32-34-37-40-43-46-49-52-58(63)57(55-62)61-59(64)54-56(51-48-45-42-39-36-33-31-29-26-23-20-17-14-11-8-5-2)66-60(65)53-50-47-44-41-38-35-27-24-21-18-15-12-9-6-3/h9,12,17-18,20-21,23,26,29,31,33,36,56-58,62-63H,4-8,10-11,13-16,19,22,24-25,27-28,30,32,34-35,37-55H2,1-3H3,(H,61,64)/b12-9+,20-17+,21-18+,26-23+,31-29+,36-33+. The summed E-state index contributed by atoms with van der Waals surface area (Å²) in [4.78, 5) is 26.2. The molecule has 66 heavy (non-hydrogen) atoms. The van der Waals surface area contributed by atoms with E-state index in [1.807, 2.05) is 6.08 Å². The van der Waals surface area contributed by atoms with Gasteiger partial charge in [0.2, 0.25) is 5.91 Å². The van der Waals surface area contributed by atoms with Crippen molar-refractivity contribution in [3.63, 3.8) is 0 Å². The predicted molar refractivity (Wildman–Crippen MR) is 287 cm³/mol. The molecule has 3 atom stereocenters. The zero-order valence-electron chi connectivity index (χ0n) is 43.6. The Bertz CT molecular complexity index is 1220. The first-order valence-electron chi connectivity index (χ1n) is 28.2. The fourth-order valence-electron chi connectivity index (χ4n) is 8.36. The molecule has 0 bridgehead atoms. The molecule has 382 valence electrons. The van der Waals surface area contributed by atoms with E-state index in [9.17, 15) is 19.8 Å². The van der Waals surface area contributed by atoms with E-state index in [1.54, 1.807) is 0 Å². The first kappa shape index (κ1) is 63.3. The Morgan fingerprint density at radius 2 is 0.879 bits per heavy atom. The summed E-state index contributed by atoms with van der Waals surface area (Å²) in [5.74, 6) is -0.519. The van der Waals surface area contributed by atoms with Gasteiger partial charge in [-0.1, -0.05) is 254 Å². The van der Waals surface area contributed by atoms with Crippen molar-refractivity contribution in [3.05, 3.63) is 72.9 Å². The zero-order chi connectivity index (χ0) is 48.1. The summed E-state index contributed by atoms with van der Waals surface area (Å²) in [5, 5.41) is 23.9. The number of hydrogen-bond acceptors (Lipinski definition) is 5. The van der Waals surface area contributed by atoms with E-state index in [0.29, 0.717) is 19.3 Å². The normalized spacial score (nSPS) is 13.7. The number of hydrogen-bond donors (Lipinski definition) is 3. The molecule has 3 unspecified atom stereocenters. The second kappa shape index (κ2) is 53.3. The van der Waals surface area contributed by atoms with Gasteiger partial charge in [-0.15, -0.1) is 0 Å². The topological polar surface area (TPSA) is 95.9 Å². The molecule has 0 aliphatic carbocycles. The average Bonchev–Trinajstić information content (AvgIpc) is 3.31. The molecule has 0 aliphatic rings. The van der Waals surface area contributed by atoms with E-state index in [1.165, 1.54) is 135 Å². The van der Waals surface area contributed by atoms with Gasteiger partial charge in [0.15, 0.2) is 0 Å². The number of aliphatic hydroxyl groups is 2. The van der Waals surface area contributed by atoms with Gasteiger partial charge in [0.1, 0.15) is 6.10 Å². The van der Waals surface area contributed by atoms with Crippen LogP contribution in [0.2, 0.25) is 0 Å². The lowest BCUT2D eigenvalue weighted by Crippen LogP contribution is -2.46. The summed E-state index contributed by atoms with van der Waals surface area (Å²) in [6.07, 6.45) is 68.2. The highest BCUT2D eigenvalue weighted by molar-refractivity contribution is 5.77. The molecule has 0 aliphatic heterocycles. The first-order valence-corrected chi connectivity index (χ1v) is 28.2. The smallest absolute Gasteiger partial charge is 0.306 e. The minimum Gasteiger partial charge on any atom is -0.462 e. The second-order valence-electron chi connectivity index (χ2n) is 19.0.